The van der Waals surface area contributed by atoms with E-state index in [0.29, 0.717) is 12.1 Å². The van der Waals surface area contributed by atoms with Crippen LogP contribution in [0.3, 0.4) is 0 Å². The van der Waals surface area contributed by atoms with Gasteiger partial charge in [0.2, 0.25) is 0 Å². The topological polar surface area (TPSA) is 33.5 Å². The van der Waals surface area contributed by atoms with Crippen LogP contribution >= 0.6 is 0 Å². The van der Waals surface area contributed by atoms with Gasteiger partial charge in [0, 0.05) is 0 Å². The zero-order valence-electron chi connectivity index (χ0n) is 22.5. The quantitative estimate of drug-likeness (QED) is 0.426. The molecule has 1 saturated heterocycles. The summed E-state index contributed by atoms with van der Waals surface area (Å²) in [6.07, 6.45) is 0. The van der Waals surface area contributed by atoms with Crippen molar-refractivity contribution in [3.05, 3.63) is 58.7 Å². The van der Waals surface area contributed by atoms with Gasteiger partial charge in [-0.05, 0) is 0 Å². The molecule has 6 heteroatoms. The second-order valence-corrected chi connectivity index (χ2v) is 19.7. The van der Waals surface area contributed by atoms with Gasteiger partial charge in [-0.1, -0.05) is 0 Å². The van der Waals surface area contributed by atoms with Crippen molar-refractivity contribution in [1.82, 2.24) is 4.81 Å². The van der Waals surface area contributed by atoms with E-state index in [9.17, 15) is 5.26 Å². The molecule has 0 N–H and O–H groups in total. The van der Waals surface area contributed by atoms with Crippen molar-refractivity contribution >= 4 is 32.2 Å². The van der Waals surface area contributed by atoms with Crippen LogP contribution < -0.4 is 7.54 Å². The Morgan fingerprint density at radius 1 is 0.788 bits per heavy atom. The summed E-state index contributed by atoms with van der Waals surface area (Å²) >= 11 is -3.58. The molecule has 0 radical (unpaired) electrons. The molecule has 4 nitrogen and oxygen atoms in total. The van der Waals surface area contributed by atoms with Crippen molar-refractivity contribution in [2.45, 2.75) is 92.5 Å². The van der Waals surface area contributed by atoms with E-state index in [1.54, 1.807) is 0 Å². The van der Waals surface area contributed by atoms with Gasteiger partial charge < -0.3 is 0 Å². The molecule has 0 aliphatic carbocycles. The van der Waals surface area contributed by atoms with Gasteiger partial charge in [0.15, 0.2) is 0 Å². The molecule has 176 valence electrons. The fourth-order valence-electron chi connectivity index (χ4n) is 5.83. The van der Waals surface area contributed by atoms with Crippen molar-refractivity contribution in [1.29, 1.82) is 5.26 Å². The molecule has 3 rings (SSSR count). The van der Waals surface area contributed by atoms with E-state index in [0.717, 1.165) is 0 Å². The Balaban J connectivity index is 2.45. The molecule has 1 aliphatic heterocycles. The Bertz CT molecular complexity index is 959. The van der Waals surface area contributed by atoms with E-state index >= 15 is 0 Å². The summed E-state index contributed by atoms with van der Waals surface area (Å²) in [6.45, 7) is 24.8. The summed E-state index contributed by atoms with van der Waals surface area (Å²) in [5.41, 5.74) is 7.53. The summed E-state index contributed by atoms with van der Waals surface area (Å²) in [4.78, 5) is 5.62. The minimum atomic E-state index is -3.58. The Kier molecular flexibility index (Phi) is 7.04. The molecule has 0 amide bonds. The van der Waals surface area contributed by atoms with Crippen LogP contribution in [0, 0.1) is 37.9 Å². The number of para-hydroxylation sites is 2. The summed E-state index contributed by atoms with van der Waals surface area (Å²) in [5, 5.41) is 11.1. The summed E-state index contributed by atoms with van der Waals surface area (Å²) in [5.74, 6) is 0. The zero-order chi connectivity index (χ0) is 24.9. The maximum atomic E-state index is 11.1. The van der Waals surface area contributed by atoms with Crippen LogP contribution in [-0.2, 0) is 0 Å². The fraction of sp³-hybridized carbons (Fsp3) is 0.519. The van der Waals surface area contributed by atoms with Gasteiger partial charge >= 0.3 is 206 Å². The molecular formula is C27H41BGeN4. The van der Waals surface area contributed by atoms with Crippen LogP contribution in [0.4, 0.5) is 11.4 Å². The van der Waals surface area contributed by atoms with Crippen LogP contribution in [0.1, 0.15) is 70.7 Å². The van der Waals surface area contributed by atoms with Gasteiger partial charge in [-0.25, -0.2) is 0 Å². The number of hydrogen-bond acceptors (Lipinski definition) is 4. The van der Waals surface area contributed by atoms with Crippen LogP contribution in [0.15, 0.2) is 36.4 Å². The molecule has 0 spiro atoms. The molecule has 1 fully saturated rings. The third kappa shape index (κ3) is 3.90. The predicted molar refractivity (Wildman–Crippen MR) is 146 cm³/mol. The Hall–Kier alpha value is -1.90. The standard InChI is InChI=1S/C27H41BGeN4/c1-19(2)31(20(3)4)28-32(25-21(5)14-12-15-22(25)6)29(18-30,27(9,10)11)33(28)26-23(7)16-13-17-24(26)8/h12-17,19-20H,1-11H3. The van der Waals surface area contributed by atoms with E-state index in [4.69, 9.17) is 0 Å². The minimum absolute atomic E-state index is 0.0171. The third-order valence-corrected chi connectivity index (χ3v) is 17.1. The number of aryl methyl sites for hydroxylation is 4. The molecule has 2 aromatic carbocycles. The van der Waals surface area contributed by atoms with Crippen LogP contribution in [-0.4, -0.2) is 37.7 Å². The Morgan fingerprint density at radius 3 is 1.36 bits per heavy atom. The first kappa shape index (κ1) is 25.7. The second-order valence-electron chi connectivity index (χ2n) is 11.2. The number of nitriles is 1. The Labute approximate surface area is 205 Å². The van der Waals surface area contributed by atoms with Gasteiger partial charge in [-0.2, -0.15) is 0 Å². The van der Waals surface area contributed by atoms with Gasteiger partial charge in [0.25, 0.3) is 0 Å². The Morgan fingerprint density at radius 2 is 1.12 bits per heavy atom. The van der Waals surface area contributed by atoms with E-state index in [-0.39, 0.29) is 11.4 Å². The molecular weight excluding hydrogens is 464 g/mol. The SMILES string of the molecule is Cc1cccc(C)c1[N]1B(N(C(C)C)C(C)C)[N](c2c(C)cccc2C)[Ge]1([C]#N)[C](C)(C)C. The molecule has 0 saturated carbocycles. The van der Waals surface area contributed by atoms with Crippen molar-refractivity contribution < 1.29 is 0 Å². The number of nitrogens with zero attached hydrogens (tertiary/aromatic N) is 4. The monoisotopic (exact) mass is 506 g/mol. The first-order chi connectivity index (χ1) is 15.3. The average molecular weight is 505 g/mol. The van der Waals surface area contributed by atoms with Crippen molar-refractivity contribution in [2.24, 2.45) is 0 Å². The number of rotatable bonds is 5. The molecule has 2 aromatic rings. The van der Waals surface area contributed by atoms with Gasteiger partial charge in [0.1, 0.15) is 0 Å². The molecule has 0 atom stereocenters. The van der Waals surface area contributed by atoms with Crippen molar-refractivity contribution in [2.75, 3.05) is 7.54 Å². The van der Waals surface area contributed by atoms with Gasteiger partial charge in [-0.3, -0.25) is 0 Å². The first-order valence-electron chi connectivity index (χ1n) is 12.2. The molecule has 0 aromatic heterocycles. The maximum absolute atomic E-state index is 11.1. The van der Waals surface area contributed by atoms with Gasteiger partial charge in [0.05, 0.1) is 0 Å². The van der Waals surface area contributed by atoms with E-state index in [1.165, 1.54) is 33.6 Å². The zero-order valence-corrected chi connectivity index (χ0v) is 24.6. The average Bonchev–Trinajstić information content (AvgIpc) is 2.67. The predicted octanol–water partition coefficient (Wildman–Crippen LogP) is 6.66. The molecule has 0 bridgehead atoms. The molecule has 0 unspecified atom stereocenters. The summed E-state index contributed by atoms with van der Waals surface area (Å²) in [7, 11) is 0.0171. The molecule has 1 aliphatic rings. The second kappa shape index (κ2) is 9.04. The van der Waals surface area contributed by atoms with Crippen LogP contribution in [0.5, 0.6) is 0 Å². The first-order valence-corrected chi connectivity index (χ1v) is 16.2. The molecule has 33 heavy (non-hydrogen) atoms. The van der Waals surface area contributed by atoms with Crippen molar-refractivity contribution in [3.63, 3.8) is 0 Å². The number of anilines is 2. The number of benzene rings is 2. The van der Waals surface area contributed by atoms with Crippen LogP contribution in [0.2, 0.25) is 4.25 Å². The fourth-order valence-corrected chi connectivity index (χ4v) is 15.4. The third-order valence-electron chi connectivity index (χ3n) is 7.18. The van der Waals surface area contributed by atoms with Crippen LogP contribution in [0.25, 0.3) is 0 Å². The summed E-state index contributed by atoms with van der Waals surface area (Å²) < 4.78 is 5.07. The number of hydrogen-bond donors (Lipinski definition) is 0. The van der Waals surface area contributed by atoms with E-state index < -0.39 is 13.7 Å². The van der Waals surface area contributed by atoms with Crippen molar-refractivity contribution in [3.8, 4) is 4.90 Å². The molecule has 1 heterocycles. The van der Waals surface area contributed by atoms with Gasteiger partial charge in [-0.15, -0.1) is 0 Å². The normalized spacial score (nSPS) is 16.0. The van der Waals surface area contributed by atoms with E-state index in [2.05, 4.69) is 130 Å². The summed E-state index contributed by atoms with van der Waals surface area (Å²) in [6, 6.07) is 13.7. The van der Waals surface area contributed by atoms with E-state index in [1.807, 2.05) is 0 Å².